The van der Waals surface area contributed by atoms with E-state index in [4.69, 9.17) is 5.73 Å². The van der Waals surface area contributed by atoms with Gasteiger partial charge in [0.15, 0.2) is 5.41 Å². The van der Waals surface area contributed by atoms with Gasteiger partial charge in [0.2, 0.25) is 0 Å². The summed E-state index contributed by atoms with van der Waals surface area (Å²) in [7, 11) is 0. The van der Waals surface area contributed by atoms with Crippen molar-refractivity contribution < 1.29 is 0 Å². The molecule has 0 saturated carbocycles. The number of allylic oxidation sites excluding steroid dienone is 4. The number of halogens is 1. The molecule has 0 unspecified atom stereocenters. The summed E-state index contributed by atoms with van der Waals surface area (Å²) in [4.78, 5) is 0. The van der Waals surface area contributed by atoms with Crippen molar-refractivity contribution in [1.29, 1.82) is 15.8 Å². The summed E-state index contributed by atoms with van der Waals surface area (Å²) >= 11 is 2.23. The zero-order chi connectivity index (χ0) is 18.2. The van der Waals surface area contributed by atoms with Crippen LogP contribution in [0.25, 0.3) is 0 Å². The van der Waals surface area contributed by atoms with E-state index in [1.165, 1.54) is 0 Å². The molecular weight excluding hydrogens is 423 g/mol. The standard InChI is InChI=1S/C20H17IN4/c1-12-5-6-15-16(7-12)18(13-3-2-4-14(21)8-13)20(10-23,11-24)19(25)17(15)9-22/h2-4,6,8,12,16,18H,5,7,25H2,1H3/t12-,16+,18-/m0/s1. The molecule has 25 heavy (non-hydrogen) atoms. The van der Waals surface area contributed by atoms with E-state index in [2.05, 4.69) is 53.8 Å². The van der Waals surface area contributed by atoms with Crippen molar-refractivity contribution in [3.8, 4) is 18.2 Å². The third kappa shape index (κ3) is 2.62. The Hall–Kier alpha value is -2.30. The Balaban J connectivity index is 2.34. The van der Waals surface area contributed by atoms with Crippen molar-refractivity contribution in [1.82, 2.24) is 0 Å². The lowest BCUT2D eigenvalue weighted by Crippen LogP contribution is -2.43. The predicted molar refractivity (Wildman–Crippen MR) is 102 cm³/mol. The van der Waals surface area contributed by atoms with E-state index in [0.717, 1.165) is 27.5 Å². The molecule has 2 aliphatic carbocycles. The first-order valence-electron chi connectivity index (χ1n) is 8.17. The minimum atomic E-state index is -1.52. The van der Waals surface area contributed by atoms with E-state index >= 15 is 0 Å². The highest BCUT2D eigenvalue weighted by molar-refractivity contribution is 14.1. The van der Waals surface area contributed by atoms with Gasteiger partial charge in [0.1, 0.15) is 6.07 Å². The Morgan fingerprint density at radius 1 is 1.24 bits per heavy atom. The van der Waals surface area contributed by atoms with E-state index in [1.54, 1.807) is 0 Å². The lowest BCUT2D eigenvalue weighted by Gasteiger charge is -2.44. The number of hydrogen-bond acceptors (Lipinski definition) is 4. The van der Waals surface area contributed by atoms with Crippen LogP contribution in [0.1, 0.15) is 31.2 Å². The van der Waals surface area contributed by atoms with Crippen molar-refractivity contribution in [2.24, 2.45) is 23.0 Å². The van der Waals surface area contributed by atoms with Gasteiger partial charge in [-0.3, -0.25) is 0 Å². The summed E-state index contributed by atoms with van der Waals surface area (Å²) < 4.78 is 1.04. The third-order valence-electron chi connectivity index (χ3n) is 5.32. The lowest BCUT2D eigenvalue weighted by atomic mass is 9.56. The van der Waals surface area contributed by atoms with Crippen molar-refractivity contribution in [3.05, 3.63) is 56.3 Å². The zero-order valence-corrected chi connectivity index (χ0v) is 16.0. The van der Waals surface area contributed by atoms with Crippen molar-refractivity contribution in [2.45, 2.75) is 25.7 Å². The topological polar surface area (TPSA) is 97.4 Å². The summed E-state index contributed by atoms with van der Waals surface area (Å²) in [5.41, 5.74) is 7.00. The highest BCUT2D eigenvalue weighted by Gasteiger charge is 2.54. The summed E-state index contributed by atoms with van der Waals surface area (Å²) in [5, 5.41) is 29.6. The monoisotopic (exact) mass is 440 g/mol. The quantitative estimate of drug-likeness (QED) is 0.664. The van der Waals surface area contributed by atoms with Crippen molar-refractivity contribution in [3.63, 3.8) is 0 Å². The molecule has 0 spiro atoms. The van der Waals surface area contributed by atoms with Crippen molar-refractivity contribution in [2.75, 3.05) is 0 Å². The fraction of sp³-hybridized carbons (Fsp3) is 0.350. The molecule has 0 bridgehead atoms. The Bertz CT molecular complexity index is 893. The molecule has 3 rings (SSSR count). The van der Waals surface area contributed by atoms with E-state index < -0.39 is 5.41 Å². The van der Waals surface area contributed by atoms with Gasteiger partial charge in [-0.2, -0.15) is 15.8 Å². The van der Waals surface area contributed by atoms with Crippen LogP contribution < -0.4 is 5.73 Å². The number of nitrogens with zero attached hydrogens (tertiary/aromatic N) is 3. The molecule has 1 aromatic carbocycles. The summed E-state index contributed by atoms with van der Waals surface area (Å²) in [6.07, 6.45) is 3.80. The molecule has 0 aromatic heterocycles. The average Bonchev–Trinajstić information content (AvgIpc) is 2.61. The number of nitriles is 3. The second-order valence-electron chi connectivity index (χ2n) is 6.81. The molecule has 0 amide bonds. The molecule has 0 aliphatic heterocycles. The van der Waals surface area contributed by atoms with Crippen LogP contribution in [0.4, 0.5) is 0 Å². The number of nitrogens with two attached hydrogens (primary N) is 1. The summed E-state index contributed by atoms with van der Waals surface area (Å²) in [5.74, 6) is 0.0138. The fourth-order valence-corrected chi connectivity index (χ4v) is 4.72. The van der Waals surface area contributed by atoms with Gasteiger partial charge < -0.3 is 5.73 Å². The number of benzene rings is 1. The Kier molecular flexibility index (Phi) is 4.58. The first kappa shape index (κ1) is 17.5. The van der Waals surface area contributed by atoms with E-state index in [0.29, 0.717) is 11.5 Å². The molecule has 0 fully saturated rings. The molecule has 5 heteroatoms. The second kappa shape index (κ2) is 6.54. The van der Waals surface area contributed by atoms with E-state index in [9.17, 15) is 15.8 Å². The number of rotatable bonds is 1. The summed E-state index contributed by atoms with van der Waals surface area (Å²) in [6, 6.07) is 14.4. The minimum absolute atomic E-state index is 0.0526. The largest absolute Gasteiger partial charge is 0.399 e. The summed E-state index contributed by atoms with van der Waals surface area (Å²) in [6.45, 7) is 2.16. The third-order valence-corrected chi connectivity index (χ3v) is 5.99. The molecular formula is C20H17IN4. The van der Waals surface area contributed by atoms with Gasteiger partial charge in [0.25, 0.3) is 0 Å². The van der Waals surface area contributed by atoms with Gasteiger partial charge in [0, 0.05) is 9.49 Å². The fourth-order valence-electron chi connectivity index (χ4n) is 4.15. The van der Waals surface area contributed by atoms with Gasteiger partial charge in [-0.05, 0) is 70.5 Å². The van der Waals surface area contributed by atoms with Crippen LogP contribution in [0, 0.1) is 54.8 Å². The predicted octanol–water partition coefficient (Wildman–Crippen LogP) is 4.13. The Morgan fingerprint density at radius 3 is 2.56 bits per heavy atom. The molecule has 4 nitrogen and oxygen atoms in total. The average molecular weight is 440 g/mol. The van der Waals surface area contributed by atoms with Gasteiger partial charge in [-0.15, -0.1) is 0 Å². The molecule has 2 N–H and O–H groups in total. The van der Waals surface area contributed by atoms with Crippen LogP contribution >= 0.6 is 22.6 Å². The highest BCUT2D eigenvalue weighted by atomic mass is 127. The zero-order valence-electron chi connectivity index (χ0n) is 13.8. The molecule has 1 aromatic rings. The molecule has 0 heterocycles. The Morgan fingerprint density at radius 2 is 1.96 bits per heavy atom. The molecule has 0 radical (unpaired) electrons. The molecule has 2 aliphatic rings. The normalized spacial score (nSPS) is 27.3. The smallest absolute Gasteiger partial charge is 0.191 e. The maximum atomic E-state index is 9.97. The van der Waals surface area contributed by atoms with E-state index in [1.807, 2.05) is 24.3 Å². The SMILES string of the molecule is C[C@H]1CC=C2C(C#N)=C(N)C(C#N)(C#N)[C@@H](c3cccc(I)c3)[C@@H]2C1. The van der Waals surface area contributed by atoms with Crippen LogP contribution in [0.15, 0.2) is 47.2 Å². The minimum Gasteiger partial charge on any atom is -0.399 e. The van der Waals surface area contributed by atoms with Crippen LogP contribution in [0.5, 0.6) is 0 Å². The Labute approximate surface area is 161 Å². The number of fused-ring (bicyclic) bond motifs is 1. The number of hydrogen-bond donors (Lipinski definition) is 1. The first-order valence-corrected chi connectivity index (χ1v) is 9.25. The second-order valence-corrected chi connectivity index (χ2v) is 8.05. The van der Waals surface area contributed by atoms with Crippen LogP contribution in [0.2, 0.25) is 0 Å². The van der Waals surface area contributed by atoms with Crippen molar-refractivity contribution >= 4 is 22.6 Å². The van der Waals surface area contributed by atoms with Crippen LogP contribution in [0.3, 0.4) is 0 Å². The van der Waals surface area contributed by atoms with Crippen LogP contribution in [-0.4, -0.2) is 0 Å². The highest BCUT2D eigenvalue weighted by Crippen LogP contribution is 2.56. The molecule has 0 saturated heterocycles. The van der Waals surface area contributed by atoms with E-state index in [-0.39, 0.29) is 17.5 Å². The maximum Gasteiger partial charge on any atom is 0.191 e. The van der Waals surface area contributed by atoms with Gasteiger partial charge in [-0.25, -0.2) is 0 Å². The first-order chi connectivity index (χ1) is 12.0. The molecule has 3 atom stereocenters. The molecule has 124 valence electrons. The van der Waals surface area contributed by atoms with Gasteiger partial charge in [0.05, 0.1) is 23.4 Å². The lowest BCUT2D eigenvalue weighted by molar-refractivity contribution is 0.284. The van der Waals surface area contributed by atoms with Gasteiger partial charge in [-0.1, -0.05) is 25.1 Å². The maximum absolute atomic E-state index is 9.97. The van der Waals surface area contributed by atoms with Gasteiger partial charge >= 0.3 is 0 Å². The van der Waals surface area contributed by atoms with Crippen LogP contribution in [-0.2, 0) is 0 Å².